The molecular weight excluding hydrogens is 566 g/mol. The number of fused-ring (bicyclic) bond motifs is 7. The normalized spacial score (nSPS) is 42.5. The van der Waals surface area contributed by atoms with Crippen molar-refractivity contribution in [3.63, 3.8) is 0 Å². The number of aliphatic hydroxyl groups excluding tert-OH is 1. The van der Waals surface area contributed by atoms with Crippen molar-refractivity contribution in [1.29, 1.82) is 0 Å². The molecule has 1 spiro atoms. The maximum absolute atomic E-state index is 13.2. The number of ether oxygens (including phenoxy) is 3. The van der Waals surface area contributed by atoms with Gasteiger partial charge in [-0.15, -0.1) is 0 Å². The summed E-state index contributed by atoms with van der Waals surface area (Å²) in [6.07, 6.45) is 5.39. The zero-order valence-electron chi connectivity index (χ0n) is 28.6. The Hall–Kier alpha value is -1.74. The lowest BCUT2D eigenvalue weighted by atomic mass is 9.46. The van der Waals surface area contributed by atoms with Crippen LogP contribution in [0.25, 0.3) is 16.5 Å². The van der Waals surface area contributed by atoms with Gasteiger partial charge in [0.25, 0.3) is 0 Å². The zero-order chi connectivity index (χ0) is 32.3. The van der Waals surface area contributed by atoms with E-state index >= 15 is 0 Å². The summed E-state index contributed by atoms with van der Waals surface area (Å²) in [4.78, 5) is 3.95. The molecule has 2 aromatic rings. The second kappa shape index (κ2) is 8.83. The van der Waals surface area contributed by atoms with Gasteiger partial charge >= 0.3 is 0 Å². The molecule has 6 aliphatic rings. The number of H-pyrrole nitrogens is 1. The van der Waals surface area contributed by atoms with Crippen molar-refractivity contribution in [2.75, 3.05) is 0 Å². The molecule has 246 valence electrons. The van der Waals surface area contributed by atoms with Gasteiger partial charge in [-0.2, -0.15) is 0 Å². The second-order valence-corrected chi connectivity index (χ2v) is 17.8. The Kier molecular flexibility index (Phi) is 6.00. The number of hydrogen-bond acceptors (Lipinski definition) is 6. The van der Waals surface area contributed by atoms with E-state index in [1.807, 2.05) is 0 Å². The van der Waals surface area contributed by atoms with Crippen LogP contribution in [0.2, 0.25) is 0 Å². The Morgan fingerprint density at radius 3 is 2.44 bits per heavy atom. The fourth-order valence-electron chi connectivity index (χ4n) is 11.1. The lowest BCUT2D eigenvalue weighted by Crippen LogP contribution is -2.74. The smallest absolute Gasteiger partial charge is 0.152 e. The predicted molar refractivity (Wildman–Crippen MR) is 174 cm³/mol. The molecule has 45 heavy (non-hydrogen) atoms. The van der Waals surface area contributed by atoms with Crippen molar-refractivity contribution in [3.8, 4) is 0 Å². The fourth-order valence-corrected chi connectivity index (χ4v) is 11.1. The molecule has 1 aromatic heterocycles. The van der Waals surface area contributed by atoms with E-state index in [9.17, 15) is 15.3 Å². The molecule has 1 aromatic carbocycles. The Morgan fingerprint density at radius 1 is 1.00 bits per heavy atom. The van der Waals surface area contributed by atoms with Crippen LogP contribution in [-0.4, -0.2) is 72.7 Å². The Labute approximate surface area is 267 Å². The van der Waals surface area contributed by atoms with Crippen molar-refractivity contribution < 1.29 is 29.5 Å². The zero-order valence-corrected chi connectivity index (χ0v) is 28.6. The highest BCUT2D eigenvalue weighted by atomic mass is 16.7. The fraction of sp³-hybridized carbons (Fsp3) is 0.737. The van der Waals surface area contributed by atoms with Gasteiger partial charge in [-0.25, -0.2) is 0 Å². The summed E-state index contributed by atoms with van der Waals surface area (Å²) in [6.45, 7) is 19.0. The molecule has 4 heterocycles. The third-order valence-electron chi connectivity index (χ3n) is 13.6. The van der Waals surface area contributed by atoms with Gasteiger partial charge < -0.3 is 34.5 Å². The first kappa shape index (κ1) is 30.6. The number of nitrogens with one attached hydrogen (secondary N) is 1. The van der Waals surface area contributed by atoms with Crippen LogP contribution in [0.4, 0.5) is 0 Å². The molecule has 0 bridgehead atoms. The van der Waals surface area contributed by atoms with E-state index < -0.39 is 45.9 Å². The van der Waals surface area contributed by atoms with E-state index in [4.69, 9.17) is 14.2 Å². The van der Waals surface area contributed by atoms with Crippen LogP contribution in [0.3, 0.4) is 0 Å². The standard InChI is InChI=1S/C38H53NO6/c1-32(2)19-24-22-18-26-23(16-20(22)17-25(24)35(7,8)45-32)21-12-10-11-14-37(42)36(9,33(3,4)29(21)39-26)15-13-27-38(37)31(44-38)28(40)30(43-27)34(5,6)41/h16,18-19,25,27-28,30-31,39-42H,10-15,17H2,1-9H3/t25?,27?,28?,30?,31?,36-,37?,38?/m1/s1. The lowest BCUT2D eigenvalue weighted by molar-refractivity contribution is -0.266. The molecule has 7 heteroatoms. The van der Waals surface area contributed by atoms with Crippen molar-refractivity contribution in [2.24, 2.45) is 11.3 Å². The molecule has 7 unspecified atom stereocenters. The summed E-state index contributed by atoms with van der Waals surface area (Å²) in [7, 11) is 0. The van der Waals surface area contributed by atoms with Gasteiger partial charge in [-0.05, 0) is 121 Å². The van der Waals surface area contributed by atoms with Gasteiger partial charge in [0.1, 0.15) is 23.9 Å². The van der Waals surface area contributed by atoms with Gasteiger partial charge in [0.15, 0.2) is 5.60 Å². The summed E-state index contributed by atoms with van der Waals surface area (Å²) < 4.78 is 19.5. The molecule has 3 aliphatic carbocycles. The molecule has 8 atom stereocenters. The van der Waals surface area contributed by atoms with E-state index in [1.54, 1.807) is 13.8 Å². The van der Waals surface area contributed by atoms with Crippen molar-refractivity contribution in [1.82, 2.24) is 4.98 Å². The highest BCUT2D eigenvalue weighted by Crippen LogP contribution is 2.70. The van der Waals surface area contributed by atoms with Crippen LogP contribution in [0.1, 0.15) is 117 Å². The van der Waals surface area contributed by atoms with Gasteiger partial charge in [-0.3, -0.25) is 0 Å². The maximum atomic E-state index is 13.2. The minimum atomic E-state index is -1.22. The van der Waals surface area contributed by atoms with Crippen LogP contribution in [0, 0.1) is 11.3 Å². The Morgan fingerprint density at radius 2 is 1.73 bits per heavy atom. The van der Waals surface area contributed by atoms with Crippen LogP contribution >= 0.6 is 0 Å². The van der Waals surface area contributed by atoms with Crippen molar-refractivity contribution in [2.45, 2.75) is 165 Å². The summed E-state index contributed by atoms with van der Waals surface area (Å²) in [6, 6.07) is 4.83. The third kappa shape index (κ3) is 3.74. The van der Waals surface area contributed by atoms with Gasteiger partial charge in [0.2, 0.25) is 0 Å². The van der Waals surface area contributed by atoms with Crippen molar-refractivity contribution >= 4 is 16.5 Å². The van der Waals surface area contributed by atoms with Crippen molar-refractivity contribution in [3.05, 3.63) is 40.6 Å². The molecule has 8 rings (SSSR count). The number of aliphatic hydroxyl groups is 3. The van der Waals surface area contributed by atoms with E-state index in [0.29, 0.717) is 18.8 Å². The number of aryl methyl sites for hydroxylation is 1. The minimum absolute atomic E-state index is 0.238. The summed E-state index contributed by atoms with van der Waals surface area (Å²) in [5.74, 6) is 0.340. The second-order valence-electron chi connectivity index (χ2n) is 17.8. The number of epoxide rings is 1. The highest BCUT2D eigenvalue weighted by Gasteiger charge is 2.84. The number of aromatic amines is 1. The van der Waals surface area contributed by atoms with Gasteiger partial charge in [-0.1, -0.05) is 27.2 Å². The molecule has 7 nitrogen and oxygen atoms in total. The summed E-state index contributed by atoms with van der Waals surface area (Å²) in [5.41, 5.74) is 2.90. The Bertz CT molecular complexity index is 1630. The van der Waals surface area contributed by atoms with Crippen LogP contribution in [-0.2, 0) is 32.5 Å². The van der Waals surface area contributed by atoms with Crippen LogP contribution < -0.4 is 0 Å². The molecule has 2 saturated heterocycles. The summed E-state index contributed by atoms with van der Waals surface area (Å²) >= 11 is 0. The molecule has 3 aliphatic heterocycles. The number of aromatic nitrogens is 1. The first-order valence-corrected chi connectivity index (χ1v) is 17.3. The predicted octanol–water partition coefficient (Wildman–Crippen LogP) is 5.88. The Balaban J connectivity index is 1.24. The van der Waals surface area contributed by atoms with E-state index in [1.165, 1.54) is 38.9 Å². The number of rotatable bonds is 1. The average Bonchev–Trinajstić information content (AvgIpc) is 3.46. The average molecular weight is 620 g/mol. The SMILES string of the molecule is CC1(C)C=C2c3cc4[nH]c5c(c4cc3CC2C(C)(C)O1)CCCCC1(O)C23OC2C(O)C(C(C)(C)O)OC3CC[C@]1(C)C5(C)C. The largest absolute Gasteiger partial charge is 0.388 e. The number of benzene rings is 1. The molecule has 1 saturated carbocycles. The van der Waals surface area contributed by atoms with E-state index in [-0.39, 0.29) is 17.3 Å². The number of hydrogen-bond donors (Lipinski definition) is 4. The maximum Gasteiger partial charge on any atom is 0.152 e. The topological polar surface area (TPSA) is 107 Å². The van der Waals surface area contributed by atoms with Gasteiger partial charge in [0.05, 0.1) is 22.9 Å². The van der Waals surface area contributed by atoms with Crippen LogP contribution in [0.15, 0.2) is 18.2 Å². The molecular formula is C38H53NO6. The van der Waals surface area contributed by atoms with E-state index in [0.717, 1.165) is 32.1 Å². The molecule has 0 amide bonds. The quantitative estimate of drug-likeness (QED) is 0.297. The van der Waals surface area contributed by atoms with Gasteiger partial charge in [0, 0.05) is 33.3 Å². The first-order chi connectivity index (χ1) is 20.8. The van der Waals surface area contributed by atoms with Crippen LogP contribution in [0.5, 0.6) is 0 Å². The lowest BCUT2D eigenvalue weighted by Gasteiger charge is -2.62. The minimum Gasteiger partial charge on any atom is -0.388 e. The first-order valence-electron chi connectivity index (χ1n) is 17.3. The monoisotopic (exact) mass is 619 g/mol. The molecule has 4 N–H and O–H groups in total. The van der Waals surface area contributed by atoms with E-state index in [2.05, 4.69) is 71.7 Å². The molecule has 3 fully saturated rings. The summed E-state index contributed by atoms with van der Waals surface area (Å²) in [5, 5.41) is 36.7. The molecule has 0 radical (unpaired) electrons. The highest BCUT2D eigenvalue weighted by molar-refractivity contribution is 5.92. The third-order valence-corrected chi connectivity index (χ3v) is 13.6.